The van der Waals surface area contributed by atoms with Crippen LogP contribution in [-0.4, -0.2) is 24.7 Å². The second kappa shape index (κ2) is 5.50. The van der Waals surface area contributed by atoms with Gasteiger partial charge in [-0.25, -0.2) is 0 Å². The SMILES string of the molecule is CCOc1cccc2c(NCCN)ccnc12. The number of nitrogens with zero attached hydrogens (tertiary/aromatic N) is 1. The first kappa shape index (κ1) is 11.7. The number of fused-ring (bicyclic) bond motifs is 1. The smallest absolute Gasteiger partial charge is 0.145 e. The van der Waals surface area contributed by atoms with E-state index in [1.807, 2.05) is 31.2 Å². The van der Waals surface area contributed by atoms with Crippen molar-refractivity contribution < 1.29 is 4.74 Å². The summed E-state index contributed by atoms with van der Waals surface area (Å²) in [4.78, 5) is 4.37. The molecule has 90 valence electrons. The van der Waals surface area contributed by atoms with Gasteiger partial charge in [0, 0.05) is 30.4 Å². The van der Waals surface area contributed by atoms with E-state index in [4.69, 9.17) is 10.5 Å². The summed E-state index contributed by atoms with van der Waals surface area (Å²) >= 11 is 0. The number of pyridine rings is 1. The summed E-state index contributed by atoms with van der Waals surface area (Å²) in [6.45, 7) is 3.96. The summed E-state index contributed by atoms with van der Waals surface area (Å²) in [7, 11) is 0. The molecule has 0 bridgehead atoms. The van der Waals surface area contributed by atoms with Crippen LogP contribution in [0.2, 0.25) is 0 Å². The van der Waals surface area contributed by atoms with E-state index in [1.165, 1.54) is 0 Å². The number of para-hydroxylation sites is 1. The highest BCUT2D eigenvalue weighted by atomic mass is 16.5. The lowest BCUT2D eigenvalue weighted by Gasteiger charge is -2.11. The third kappa shape index (κ3) is 2.47. The van der Waals surface area contributed by atoms with Gasteiger partial charge in [-0.1, -0.05) is 12.1 Å². The van der Waals surface area contributed by atoms with Crippen LogP contribution in [0.1, 0.15) is 6.92 Å². The number of aromatic nitrogens is 1. The van der Waals surface area contributed by atoms with Gasteiger partial charge in [-0.15, -0.1) is 0 Å². The monoisotopic (exact) mass is 231 g/mol. The maximum absolute atomic E-state index is 5.56. The lowest BCUT2D eigenvalue weighted by atomic mass is 10.1. The molecule has 0 spiro atoms. The molecule has 0 radical (unpaired) electrons. The van der Waals surface area contributed by atoms with Crippen molar-refractivity contribution in [2.75, 3.05) is 25.0 Å². The molecular formula is C13H17N3O. The van der Waals surface area contributed by atoms with E-state index in [0.29, 0.717) is 13.2 Å². The zero-order valence-electron chi connectivity index (χ0n) is 9.94. The lowest BCUT2D eigenvalue weighted by Crippen LogP contribution is -2.13. The standard InChI is InChI=1S/C13H17N3O/c1-2-17-12-5-3-4-10-11(15-9-7-14)6-8-16-13(10)12/h3-6,8H,2,7,9,14H2,1H3,(H,15,16). The number of benzene rings is 1. The Morgan fingerprint density at radius 2 is 2.24 bits per heavy atom. The molecule has 4 nitrogen and oxygen atoms in total. The number of rotatable bonds is 5. The topological polar surface area (TPSA) is 60.2 Å². The van der Waals surface area contributed by atoms with Crippen molar-refractivity contribution in [3.8, 4) is 5.75 Å². The molecule has 17 heavy (non-hydrogen) atoms. The van der Waals surface area contributed by atoms with Crippen LogP contribution in [0.15, 0.2) is 30.5 Å². The van der Waals surface area contributed by atoms with E-state index >= 15 is 0 Å². The van der Waals surface area contributed by atoms with E-state index in [1.54, 1.807) is 6.20 Å². The first-order valence-electron chi connectivity index (χ1n) is 5.81. The highest BCUT2D eigenvalue weighted by molar-refractivity contribution is 5.94. The van der Waals surface area contributed by atoms with Crippen molar-refractivity contribution in [1.82, 2.24) is 4.98 Å². The largest absolute Gasteiger partial charge is 0.492 e. The molecule has 0 aliphatic rings. The van der Waals surface area contributed by atoms with Gasteiger partial charge >= 0.3 is 0 Å². The van der Waals surface area contributed by atoms with E-state index < -0.39 is 0 Å². The first-order chi connectivity index (χ1) is 8.36. The van der Waals surface area contributed by atoms with Crippen molar-refractivity contribution in [3.05, 3.63) is 30.5 Å². The lowest BCUT2D eigenvalue weighted by molar-refractivity contribution is 0.343. The Morgan fingerprint density at radius 3 is 3.00 bits per heavy atom. The Kier molecular flexibility index (Phi) is 3.77. The van der Waals surface area contributed by atoms with Crippen molar-refractivity contribution in [3.63, 3.8) is 0 Å². The summed E-state index contributed by atoms with van der Waals surface area (Å²) in [5, 5.41) is 4.35. The van der Waals surface area contributed by atoms with Crippen LogP contribution in [0.3, 0.4) is 0 Å². The van der Waals surface area contributed by atoms with Crippen LogP contribution < -0.4 is 15.8 Å². The fourth-order valence-electron chi connectivity index (χ4n) is 1.78. The number of nitrogens with two attached hydrogens (primary N) is 1. The van der Waals surface area contributed by atoms with E-state index in [9.17, 15) is 0 Å². The number of hydrogen-bond donors (Lipinski definition) is 2. The molecule has 0 aliphatic carbocycles. The predicted octanol–water partition coefficient (Wildman–Crippen LogP) is 2.00. The third-order valence-corrected chi connectivity index (χ3v) is 2.49. The molecule has 0 amide bonds. The van der Waals surface area contributed by atoms with Gasteiger partial charge in [0.2, 0.25) is 0 Å². The molecule has 0 atom stereocenters. The maximum atomic E-state index is 5.56. The molecule has 0 aliphatic heterocycles. The van der Waals surface area contributed by atoms with Crippen LogP contribution >= 0.6 is 0 Å². The van der Waals surface area contributed by atoms with Crippen LogP contribution in [0, 0.1) is 0 Å². The predicted molar refractivity (Wildman–Crippen MR) is 70.5 cm³/mol. The van der Waals surface area contributed by atoms with E-state index in [2.05, 4.69) is 10.3 Å². The quantitative estimate of drug-likeness (QED) is 0.826. The van der Waals surface area contributed by atoms with Gasteiger partial charge in [0.1, 0.15) is 11.3 Å². The first-order valence-corrected chi connectivity index (χ1v) is 5.81. The molecule has 0 saturated heterocycles. The molecule has 3 N–H and O–H groups in total. The second-order valence-electron chi connectivity index (χ2n) is 3.66. The fourth-order valence-corrected chi connectivity index (χ4v) is 1.78. The molecule has 2 rings (SSSR count). The third-order valence-electron chi connectivity index (χ3n) is 2.49. The molecule has 0 saturated carbocycles. The van der Waals surface area contributed by atoms with Crippen molar-refractivity contribution in [1.29, 1.82) is 0 Å². The highest BCUT2D eigenvalue weighted by Gasteiger charge is 2.06. The fraction of sp³-hybridized carbons (Fsp3) is 0.308. The minimum atomic E-state index is 0.606. The van der Waals surface area contributed by atoms with Crippen LogP contribution in [-0.2, 0) is 0 Å². The maximum Gasteiger partial charge on any atom is 0.145 e. The molecule has 1 heterocycles. The van der Waals surface area contributed by atoms with Gasteiger partial charge < -0.3 is 15.8 Å². The Bertz CT molecular complexity index is 499. The molecule has 2 aromatic rings. The minimum absolute atomic E-state index is 0.606. The summed E-state index contributed by atoms with van der Waals surface area (Å²) in [6, 6.07) is 7.89. The zero-order valence-corrected chi connectivity index (χ0v) is 9.94. The normalized spacial score (nSPS) is 10.5. The van der Waals surface area contributed by atoms with Gasteiger partial charge in [0.05, 0.1) is 6.61 Å². The van der Waals surface area contributed by atoms with Crippen LogP contribution in [0.5, 0.6) is 5.75 Å². The minimum Gasteiger partial charge on any atom is -0.492 e. The molecule has 1 aromatic carbocycles. The Hall–Kier alpha value is -1.81. The average molecular weight is 231 g/mol. The molecule has 4 heteroatoms. The van der Waals surface area contributed by atoms with Gasteiger partial charge in [0.15, 0.2) is 0 Å². The Morgan fingerprint density at radius 1 is 1.35 bits per heavy atom. The number of nitrogens with one attached hydrogen (secondary N) is 1. The van der Waals surface area contributed by atoms with E-state index in [0.717, 1.165) is 28.9 Å². The second-order valence-corrected chi connectivity index (χ2v) is 3.66. The van der Waals surface area contributed by atoms with Crippen molar-refractivity contribution in [2.45, 2.75) is 6.92 Å². The Balaban J connectivity index is 2.45. The van der Waals surface area contributed by atoms with Gasteiger partial charge in [-0.05, 0) is 19.1 Å². The van der Waals surface area contributed by atoms with Crippen LogP contribution in [0.4, 0.5) is 5.69 Å². The summed E-state index contributed by atoms with van der Waals surface area (Å²) in [5.41, 5.74) is 7.42. The van der Waals surface area contributed by atoms with Crippen molar-refractivity contribution >= 4 is 16.6 Å². The van der Waals surface area contributed by atoms with Gasteiger partial charge in [-0.3, -0.25) is 4.98 Å². The molecule has 0 fully saturated rings. The number of anilines is 1. The highest BCUT2D eigenvalue weighted by Crippen LogP contribution is 2.28. The number of hydrogen-bond acceptors (Lipinski definition) is 4. The van der Waals surface area contributed by atoms with Gasteiger partial charge in [0.25, 0.3) is 0 Å². The number of ether oxygens (including phenoxy) is 1. The van der Waals surface area contributed by atoms with Gasteiger partial charge in [-0.2, -0.15) is 0 Å². The molecule has 1 aromatic heterocycles. The summed E-state index contributed by atoms with van der Waals surface area (Å²) in [6.07, 6.45) is 1.78. The summed E-state index contributed by atoms with van der Waals surface area (Å²) < 4.78 is 5.56. The summed E-state index contributed by atoms with van der Waals surface area (Å²) in [5.74, 6) is 0.821. The zero-order chi connectivity index (χ0) is 12.1. The molecular weight excluding hydrogens is 214 g/mol. The molecule has 0 unspecified atom stereocenters. The van der Waals surface area contributed by atoms with Crippen molar-refractivity contribution in [2.24, 2.45) is 5.73 Å². The van der Waals surface area contributed by atoms with Crippen LogP contribution in [0.25, 0.3) is 10.9 Å². The Labute approximate surface area is 101 Å². The average Bonchev–Trinajstić information content (AvgIpc) is 2.37. The van der Waals surface area contributed by atoms with E-state index in [-0.39, 0.29) is 0 Å².